The Morgan fingerprint density at radius 3 is 2.21 bits per heavy atom. The molecule has 0 heterocycles. The van der Waals surface area contributed by atoms with E-state index in [0.29, 0.717) is 35.3 Å². The highest BCUT2D eigenvalue weighted by atomic mass is 16.5. The smallest absolute Gasteiger partial charge is 0.344 e. The fraction of sp³-hybridized carbons (Fsp3) is 0.429. The number of aryl methyl sites for hydroxylation is 2. The van der Waals surface area contributed by atoms with Gasteiger partial charge in [-0.1, -0.05) is 13.3 Å². The predicted molar refractivity (Wildman–Crippen MR) is 71.4 cm³/mol. The molecule has 1 unspecified atom stereocenters. The first kappa shape index (κ1) is 15.0. The molecule has 19 heavy (non-hydrogen) atoms. The molecule has 1 aromatic rings. The van der Waals surface area contributed by atoms with Crippen LogP contribution in [-0.4, -0.2) is 23.1 Å². The Morgan fingerprint density at radius 1 is 1.32 bits per heavy atom. The van der Waals surface area contributed by atoms with Gasteiger partial charge in [0.2, 0.25) is 5.91 Å². The number of hydrogen-bond acceptors (Lipinski definition) is 3. The van der Waals surface area contributed by atoms with Gasteiger partial charge in [-0.05, 0) is 43.5 Å². The summed E-state index contributed by atoms with van der Waals surface area (Å²) in [5.74, 6) is -0.994. The van der Waals surface area contributed by atoms with Crippen LogP contribution in [0, 0.1) is 13.8 Å². The maximum absolute atomic E-state index is 11.1. The second kappa shape index (κ2) is 6.22. The highest BCUT2D eigenvalue weighted by Crippen LogP contribution is 2.26. The number of carbonyl (C=O) groups excluding carboxylic acids is 1. The molecule has 1 amide bonds. The van der Waals surface area contributed by atoms with Crippen LogP contribution in [0.1, 0.15) is 41.3 Å². The molecule has 0 spiro atoms. The molecule has 0 aliphatic carbocycles. The molecule has 1 atom stereocenters. The third-order valence-corrected chi connectivity index (χ3v) is 2.83. The number of aliphatic carboxylic acids is 1. The van der Waals surface area contributed by atoms with Crippen LogP contribution in [0.5, 0.6) is 5.75 Å². The zero-order valence-electron chi connectivity index (χ0n) is 11.4. The lowest BCUT2D eigenvalue weighted by molar-refractivity contribution is -0.145. The van der Waals surface area contributed by atoms with Gasteiger partial charge in [0.15, 0.2) is 6.10 Å². The summed E-state index contributed by atoms with van der Waals surface area (Å²) in [6.07, 6.45) is 0.280. The molecule has 104 valence electrons. The average molecular weight is 265 g/mol. The van der Waals surface area contributed by atoms with Crippen molar-refractivity contribution in [2.45, 2.75) is 39.7 Å². The lowest BCUT2D eigenvalue weighted by atomic mass is 10.0. The van der Waals surface area contributed by atoms with Crippen LogP contribution in [0.25, 0.3) is 0 Å². The van der Waals surface area contributed by atoms with Crippen molar-refractivity contribution in [3.05, 3.63) is 28.8 Å². The van der Waals surface area contributed by atoms with Crippen LogP contribution in [0.2, 0.25) is 0 Å². The minimum absolute atomic E-state index is 0.393. The maximum Gasteiger partial charge on any atom is 0.344 e. The Bertz CT molecular complexity index is 473. The number of ether oxygens (including phenoxy) is 1. The van der Waals surface area contributed by atoms with Gasteiger partial charge in [-0.15, -0.1) is 0 Å². The number of benzene rings is 1. The van der Waals surface area contributed by atoms with Gasteiger partial charge >= 0.3 is 5.97 Å². The molecular weight excluding hydrogens is 246 g/mol. The van der Waals surface area contributed by atoms with E-state index >= 15 is 0 Å². The number of carboxylic acid groups (broad SMARTS) is 1. The van der Waals surface area contributed by atoms with Gasteiger partial charge < -0.3 is 15.6 Å². The summed E-state index contributed by atoms with van der Waals surface area (Å²) in [5, 5.41) is 9.09. The number of carbonyl (C=O) groups is 2. The van der Waals surface area contributed by atoms with E-state index in [9.17, 15) is 9.59 Å². The fourth-order valence-corrected chi connectivity index (χ4v) is 1.92. The van der Waals surface area contributed by atoms with E-state index in [4.69, 9.17) is 15.6 Å². The molecule has 0 aliphatic rings. The van der Waals surface area contributed by atoms with Gasteiger partial charge in [0.05, 0.1) is 0 Å². The first-order valence-corrected chi connectivity index (χ1v) is 6.17. The number of hydrogen-bond donors (Lipinski definition) is 2. The van der Waals surface area contributed by atoms with Gasteiger partial charge in [0, 0.05) is 5.56 Å². The number of rotatable bonds is 6. The Hall–Kier alpha value is -2.04. The van der Waals surface area contributed by atoms with Crippen LogP contribution < -0.4 is 10.5 Å². The summed E-state index contributed by atoms with van der Waals surface area (Å²) in [4.78, 5) is 22.2. The van der Waals surface area contributed by atoms with Gasteiger partial charge in [0.1, 0.15) is 5.75 Å². The molecule has 0 saturated carbocycles. The molecule has 3 N–H and O–H groups in total. The second-order valence-electron chi connectivity index (χ2n) is 4.54. The molecule has 1 rings (SSSR count). The Balaban J connectivity index is 3.07. The molecular formula is C14H19NO4. The van der Waals surface area contributed by atoms with E-state index in [-0.39, 0.29) is 0 Å². The average Bonchev–Trinajstić information content (AvgIpc) is 2.31. The molecule has 5 heteroatoms. The zero-order chi connectivity index (χ0) is 14.6. The van der Waals surface area contributed by atoms with Crippen molar-refractivity contribution in [2.75, 3.05) is 0 Å². The summed E-state index contributed by atoms with van der Waals surface area (Å²) in [6, 6.07) is 3.21. The molecule has 0 saturated heterocycles. The van der Waals surface area contributed by atoms with Crippen molar-refractivity contribution in [2.24, 2.45) is 5.73 Å². The van der Waals surface area contributed by atoms with Crippen LogP contribution in [-0.2, 0) is 4.79 Å². The highest BCUT2D eigenvalue weighted by Gasteiger charge is 2.20. The number of amides is 1. The monoisotopic (exact) mass is 265 g/mol. The highest BCUT2D eigenvalue weighted by molar-refractivity contribution is 5.93. The SMILES string of the molecule is CCCC(Oc1c(C)cc(C(N)=O)cc1C)C(=O)O. The summed E-state index contributed by atoms with van der Waals surface area (Å²) in [7, 11) is 0. The van der Waals surface area contributed by atoms with Crippen LogP contribution in [0.4, 0.5) is 0 Å². The Labute approximate surface area is 112 Å². The summed E-state index contributed by atoms with van der Waals surface area (Å²) in [6.45, 7) is 5.43. The van der Waals surface area contributed by atoms with E-state index in [0.717, 1.165) is 0 Å². The van der Waals surface area contributed by atoms with Crippen molar-refractivity contribution in [1.82, 2.24) is 0 Å². The van der Waals surface area contributed by atoms with E-state index in [1.165, 1.54) is 0 Å². The molecule has 0 fully saturated rings. The molecule has 1 aromatic carbocycles. The van der Waals surface area contributed by atoms with E-state index in [2.05, 4.69) is 0 Å². The number of primary amides is 1. The van der Waals surface area contributed by atoms with Crippen molar-refractivity contribution >= 4 is 11.9 Å². The van der Waals surface area contributed by atoms with Gasteiger partial charge in [-0.25, -0.2) is 4.79 Å². The molecule has 0 aromatic heterocycles. The molecule has 0 aliphatic heterocycles. The van der Waals surface area contributed by atoms with Gasteiger partial charge in [-0.2, -0.15) is 0 Å². The minimum atomic E-state index is -0.986. The van der Waals surface area contributed by atoms with E-state index < -0.39 is 18.0 Å². The predicted octanol–water partition coefficient (Wildman–Crippen LogP) is 2.03. The van der Waals surface area contributed by atoms with Crippen LogP contribution in [0.3, 0.4) is 0 Å². The second-order valence-corrected chi connectivity index (χ2v) is 4.54. The zero-order valence-corrected chi connectivity index (χ0v) is 11.4. The first-order valence-electron chi connectivity index (χ1n) is 6.17. The van der Waals surface area contributed by atoms with Gasteiger partial charge in [-0.3, -0.25) is 4.79 Å². The Morgan fingerprint density at radius 2 is 1.84 bits per heavy atom. The van der Waals surface area contributed by atoms with E-state index in [1.807, 2.05) is 6.92 Å². The topological polar surface area (TPSA) is 89.6 Å². The standard InChI is InChI=1S/C14H19NO4/c1-4-5-11(14(17)18)19-12-8(2)6-10(13(15)16)7-9(12)3/h6-7,11H,4-5H2,1-3H3,(H2,15,16)(H,17,18). The van der Waals surface area contributed by atoms with Crippen LogP contribution in [0.15, 0.2) is 12.1 Å². The number of nitrogens with two attached hydrogens (primary N) is 1. The normalized spacial score (nSPS) is 11.9. The molecule has 0 bridgehead atoms. The summed E-state index contributed by atoms with van der Waals surface area (Å²) < 4.78 is 5.56. The largest absolute Gasteiger partial charge is 0.479 e. The summed E-state index contributed by atoms with van der Waals surface area (Å²) in [5.41, 5.74) is 7.03. The van der Waals surface area contributed by atoms with Crippen molar-refractivity contribution in [3.63, 3.8) is 0 Å². The fourth-order valence-electron chi connectivity index (χ4n) is 1.92. The Kier molecular flexibility index (Phi) is 4.92. The lowest BCUT2D eigenvalue weighted by Crippen LogP contribution is -2.27. The van der Waals surface area contributed by atoms with Crippen molar-refractivity contribution < 1.29 is 19.4 Å². The third kappa shape index (κ3) is 3.71. The van der Waals surface area contributed by atoms with Crippen molar-refractivity contribution in [3.8, 4) is 5.75 Å². The third-order valence-electron chi connectivity index (χ3n) is 2.83. The first-order chi connectivity index (χ1) is 8.86. The summed E-state index contributed by atoms with van der Waals surface area (Å²) >= 11 is 0. The maximum atomic E-state index is 11.1. The minimum Gasteiger partial charge on any atom is -0.479 e. The quantitative estimate of drug-likeness (QED) is 0.823. The number of carboxylic acids is 1. The van der Waals surface area contributed by atoms with Crippen molar-refractivity contribution in [1.29, 1.82) is 0 Å². The lowest BCUT2D eigenvalue weighted by Gasteiger charge is -2.18. The van der Waals surface area contributed by atoms with E-state index in [1.54, 1.807) is 26.0 Å². The molecule has 0 radical (unpaired) electrons. The van der Waals surface area contributed by atoms with Crippen LogP contribution >= 0.6 is 0 Å². The molecule has 5 nitrogen and oxygen atoms in total. The van der Waals surface area contributed by atoms with Gasteiger partial charge in [0.25, 0.3) is 0 Å².